The minimum Gasteiger partial charge on any atom is -0.356 e. The van der Waals surface area contributed by atoms with Crippen molar-refractivity contribution in [1.82, 2.24) is 20.3 Å². The number of rotatable bonds is 8. The number of thiazole rings is 1. The Kier molecular flexibility index (Phi) is 6.07. The van der Waals surface area contributed by atoms with Crippen LogP contribution in [-0.4, -0.2) is 33.2 Å². The molecule has 0 aliphatic rings. The first-order valence-electron chi connectivity index (χ1n) is 6.47. The van der Waals surface area contributed by atoms with Gasteiger partial charge in [0.15, 0.2) is 0 Å². The van der Waals surface area contributed by atoms with E-state index in [0.717, 1.165) is 34.3 Å². The zero-order chi connectivity index (χ0) is 14.2. The Bertz CT molecular complexity index is 524. The van der Waals surface area contributed by atoms with E-state index in [2.05, 4.69) is 25.6 Å². The molecule has 20 heavy (non-hydrogen) atoms. The van der Waals surface area contributed by atoms with Gasteiger partial charge in [0, 0.05) is 48.2 Å². The average molecular weight is 310 g/mol. The molecule has 1 amide bonds. The third kappa shape index (κ3) is 5.34. The number of carbonyl (C=O) groups is 1. The van der Waals surface area contributed by atoms with Crippen molar-refractivity contribution < 1.29 is 4.79 Å². The maximum absolute atomic E-state index is 11.6. The molecule has 2 aromatic heterocycles. The van der Waals surface area contributed by atoms with Crippen LogP contribution in [0.5, 0.6) is 0 Å². The fraction of sp³-hybridized carbons (Fsp3) is 0.462. The quantitative estimate of drug-likeness (QED) is 0.733. The highest BCUT2D eigenvalue weighted by atomic mass is 32.2. The SMILES string of the molecule is Cc1nc(CSCCC(=O)NCCc2cnc[nH]2)cs1. The summed E-state index contributed by atoms with van der Waals surface area (Å²) >= 11 is 3.41. The van der Waals surface area contributed by atoms with E-state index in [1.165, 1.54) is 0 Å². The van der Waals surface area contributed by atoms with Gasteiger partial charge in [-0.15, -0.1) is 11.3 Å². The molecule has 0 radical (unpaired) electrons. The summed E-state index contributed by atoms with van der Waals surface area (Å²) in [4.78, 5) is 23.0. The molecule has 2 heterocycles. The molecule has 0 aliphatic heterocycles. The number of H-pyrrole nitrogens is 1. The molecule has 0 saturated heterocycles. The van der Waals surface area contributed by atoms with Crippen LogP contribution in [0.3, 0.4) is 0 Å². The van der Waals surface area contributed by atoms with E-state index in [9.17, 15) is 4.79 Å². The Labute approximate surface area is 126 Å². The molecule has 2 rings (SSSR count). The lowest BCUT2D eigenvalue weighted by molar-refractivity contribution is -0.120. The summed E-state index contributed by atoms with van der Waals surface area (Å²) in [5.41, 5.74) is 2.15. The second-order valence-electron chi connectivity index (χ2n) is 4.34. The highest BCUT2D eigenvalue weighted by Crippen LogP contribution is 2.15. The number of aromatic nitrogens is 3. The Hall–Kier alpha value is -1.34. The highest BCUT2D eigenvalue weighted by Gasteiger charge is 2.03. The lowest BCUT2D eigenvalue weighted by Gasteiger charge is -2.03. The van der Waals surface area contributed by atoms with Gasteiger partial charge in [0.1, 0.15) is 0 Å². The third-order valence-electron chi connectivity index (χ3n) is 2.66. The van der Waals surface area contributed by atoms with Gasteiger partial charge in [-0.1, -0.05) is 0 Å². The molecular formula is C13H18N4OS2. The predicted molar refractivity (Wildman–Crippen MR) is 82.9 cm³/mol. The van der Waals surface area contributed by atoms with Crippen molar-refractivity contribution in [2.75, 3.05) is 12.3 Å². The van der Waals surface area contributed by atoms with Gasteiger partial charge in [-0.2, -0.15) is 11.8 Å². The minimum atomic E-state index is 0.103. The van der Waals surface area contributed by atoms with Crippen molar-refractivity contribution in [3.8, 4) is 0 Å². The molecule has 2 aromatic rings. The van der Waals surface area contributed by atoms with Crippen LogP contribution < -0.4 is 5.32 Å². The standard InChI is InChI=1S/C13H18N4OS2/c1-10-17-12(8-20-10)7-19-5-3-13(18)15-4-2-11-6-14-9-16-11/h6,8-9H,2-5,7H2,1H3,(H,14,16)(H,15,18). The average Bonchev–Trinajstić information content (AvgIpc) is 3.06. The summed E-state index contributed by atoms with van der Waals surface area (Å²) in [5.74, 6) is 1.81. The van der Waals surface area contributed by atoms with Gasteiger partial charge in [0.05, 0.1) is 17.0 Å². The van der Waals surface area contributed by atoms with Crippen molar-refractivity contribution in [2.24, 2.45) is 0 Å². The third-order valence-corrected chi connectivity index (χ3v) is 4.48. The van der Waals surface area contributed by atoms with Gasteiger partial charge < -0.3 is 10.3 Å². The summed E-state index contributed by atoms with van der Waals surface area (Å²) < 4.78 is 0. The van der Waals surface area contributed by atoms with Crippen LogP contribution in [0.15, 0.2) is 17.9 Å². The number of nitrogens with one attached hydrogen (secondary N) is 2. The normalized spacial score (nSPS) is 10.7. The summed E-state index contributed by atoms with van der Waals surface area (Å²) in [6.07, 6.45) is 4.76. The number of nitrogens with zero attached hydrogens (tertiary/aromatic N) is 2. The van der Waals surface area contributed by atoms with E-state index in [0.29, 0.717) is 13.0 Å². The number of hydrogen-bond acceptors (Lipinski definition) is 5. The molecule has 7 heteroatoms. The number of aryl methyl sites for hydroxylation is 1. The fourth-order valence-electron chi connectivity index (χ4n) is 1.66. The molecule has 0 saturated carbocycles. The molecule has 0 bridgehead atoms. The lowest BCUT2D eigenvalue weighted by atomic mass is 10.3. The number of carbonyl (C=O) groups excluding carboxylic acids is 1. The largest absolute Gasteiger partial charge is 0.356 e. The zero-order valence-electron chi connectivity index (χ0n) is 11.4. The number of thioether (sulfide) groups is 1. The molecule has 108 valence electrons. The fourth-order valence-corrected chi connectivity index (χ4v) is 3.21. The van der Waals surface area contributed by atoms with Crippen LogP contribution in [0.4, 0.5) is 0 Å². The molecule has 0 spiro atoms. The van der Waals surface area contributed by atoms with E-state index >= 15 is 0 Å². The van der Waals surface area contributed by atoms with Gasteiger partial charge in [-0.3, -0.25) is 4.79 Å². The van der Waals surface area contributed by atoms with Gasteiger partial charge in [-0.25, -0.2) is 9.97 Å². The second kappa shape index (κ2) is 8.06. The Morgan fingerprint density at radius 2 is 2.45 bits per heavy atom. The van der Waals surface area contributed by atoms with Crippen LogP contribution >= 0.6 is 23.1 Å². The molecular weight excluding hydrogens is 292 g/mol. The first-order valence-corrected chi connectivity index (χ1v) is 8.50. The number of amides is 1. The van der Waals surface area contributed by atoms with Crippen LogP contribution in [-0.2, 0) is 17.0 Å². The highest BCUT2D eigenvalue weighted by molar-refractivity contribution is 7.98. The van der Waals surface area contributed by atoms with Gasteiger partial charge in [0.2, 0.25) is 5.91 Å². The molecule has 5 nitrogen and oxygen atoms in total. The van der Waals surface area contributed by atoms with Gasteiger partial charge >= 0.3 is 0 Å². The number of imidazole rings is 1. The lowest BCUT2D eigenvalue weighted by Crippen LogP contribution is -2.25. The second-order valence-corrected chi connectivity index (χ2v) is 6.50. The van der Waals surface area contributed by atoms with Gasteiger partial charge in [0.25, 0.3) is 0 Å². The van der Waals surface area contributed by atoms with Crippen LogP contribution in [0.25, 0.3) is 0 Å². The van der Waals surface area contributed by atoms with Crippen LogP contribution in [0.2, 0.25) is 0 Å². The topological polar surface area (TPSA) is 70.7 Å². The minimum absolute atomic E-state index is 0.103. The Morgan fingerprint density at radius 3 is 3.15 bits per heavy atom. The van der Waals surface area contributed by atoms with E-state index < -0.39 is 0 Å². The van der Waals surface area contributed by atoms with E-state index in [4.69, 9.17) is 0 Å². The van der Waals surface area contributed by atoms with Crippen LogP contribution in [0, 0.1) is 6.92 Å². The van der Waals surface area contributed by atoms with Crippen molar-refractivity contribution in [3.63, 3.8) is 0 Å². The smallest absolute Gasteiger partial charge is 0.220 e. The molecule has 2 N–H and O–H groups in total. The van der Waals surface area contributed by atoms with Crippen molar-refractivity contribution in [3.05, 3.63) is 34.3 Å². The zero-order valence-corrected chi connectivity index (χ0v) is 13.0. The molecule has 0 atom stereocenters. The van der Waals surface area contributed by atoms with E-state index in [1.807, 2.05) is 6.92 Å². The van der Waals surface area contributed by atoms with Crippen molar-refractivity contribution in [2.45, 2.75) is 25.5 Å². The Morgan fingerprint density at radius 1 is 1.55 bits per heavy atom. The van der Waals surface area contributed by atoms with E-state index in [1.54, 1.807) is 35.6 Å². The maximum Gasteiger partial charge on any atom is 0.220 e. The number of hydrogen-bond donors (Lipinski definition) is 2. The van der Waals surface area contributed by atoms with Gasteiger partial charge in [-0.05, 0) is 6.92 Å². The number of aromatic amines is 1. The molecule has 0 aliphatic carbocycles. The monoisotopic (exact) mass is 310 g/mol. The van der Waals surface area contributed by atoms with Crippen LogP contribution in [0.1, 0.15) is 22.8 Å². The molecule has 0 aromatic carbocycles. The maximum atomic E-state index is 11.6. The first-order chi connectivity index (χ1) is 9.74. The summed E-state index contributed by atoms with van der Waals surface area (Å²) in [6.45, 7) is 2.66. The molecule has 0 fully saturated rings. The Balaban J connectivity index is 1.51. The molecule has 0 unspecified atom stereocenters. The van der Waals surface area contributed by atoms with E-state index in [-0.39, 0.29) is 5.91 Å². The predicted octanol–water partition coefficient (Wildman–Crippen LogP) is 2.16. The van der Waals surface area contributed by atoms with Crippen molar-refractivity contribution >= 4 is 29.0 Å². The first kappa shape index (κ1) is 15.1. The summed E-state index contributed by atoms with van der Waals surface area (Å²) in [6, 6.07) is 0. The summed E-state index contributed by atoms with van der Waals surface area (Å²) in [7, 11) is 0. The summed E-state index contributed by atoms with van der Waals surface area (Å²) in [5, 5.41) is 6.08. The van der Waals surface area contributed by atoms with Crippen molar-refractivity contribution in [1.29, 1.82) is 0 Å².